The second kappa shape index (κ2) is 14.0. The summed E-state index contributed by atoms with van der Waals surface area (Å²) in [5.41, 5.74) is 2.46. The number of carboxylic acids is 2. The van der Waals surface area contributed by atoms with Gasteiger partial charge in [0.15, 0.2) is 0 Å². The summed E-state index contributed by atoms with van der Waals surface area (Å²) in [7, 11) is 0. The van der Waals surface area contributed by atoms with E-state index >= 15 is 0 Å². The van der Waals surface area contributed by atoms with E-state index in [0.29, 0.717) is 12.5 Å². The fourth-order valence-electron chi connectivity index (χ4n) is 4.37. The van der Waals surface area contributed by atoms with E-state index in [-0.39, 0.29) is 5.92 Å². The van der Waals surface area contributed by atoms with E-state index in [1.54, 1.807) is 0 Å². The molecule has 0 bridgehead atoms. The highest BCUT2D eigenvalue weighted by Gasteiger charge is 2.29. The van der Waals surface area contributed by atoms with Gasteiger partial charge in [0.25, 0.3) is 0 Å². The number of piperidine rings is 1. The first-order valence-electron chi connectivity index (χ1n) is 12.4. The van der Waals surface area contributed by atoms with Gasteiger partial charge in [-0.1, -0.05) is 60.7 Å². The number of rotatable bonds is 8. The number of benzene rings is 2. The number of aryl methyl sites for hydroxylation is 1. The Bertz CT molecular complexity index is 1130. The number of aliphatic carboxylic acids is 2. The molecule has 4 rings (SSSR count). The fraction of sp³-hybridized carbons (Fsp3) is 0.345. The second-order valence-corrected chi connectivity index (χ2v) is 9.15. The van der Waals surface area contributed by atoms with Crippen LogP contribution in [0.25, 0.3) is 0 Å². The van der Waals surface area contributed by atoms with E-state index in [0.717, 1.165) is 57.0 Å². The van der Waals surface area contributed by atoms with Gasteiger partial charge in [-0.25, -0.2) is 9.59 Å². The van der Waals surface area contributed by atoms with E-state index in [1.165, 1.54) is 11.1 Å². The lowest BCUT2D eigenvalue weighted by Crippen LogP contribution is -2.42. The zero-order valence-electron chi connectivity index (χ0n) is 21.1. The van der Waals surface area contributed by atoms with Crippen molar-refractivity contribution in [1.82, 2.24) is 9.80 Å². The first kappa shape index (κ1) is 27.7. The van der Waals surface area contributed by atoms with Crippen molar-refractivity contribution < 1.29 is 29.0 Å². The average Bonchev–Trinajstić information content (AvgIpc) is 3.32. The summed E-state index contributed by atoms with van der Waals surface area (Å²) < 4.78 is 5.72. The van der Waals surface area contributed by atoms with Gasteiger partial charge < -0.3 is 19.5 Å². The third-order valence-corrected chi connectivity index (χ3v) is 6.34. The number of hydrogen-bond acceptors (Lipinski definition) is 5. The van der Waals surface area contributed by atoms with Crippen LogP contribution in [0.15, 0.2) is 77.2 Å². The Balaban J connectivity index is 0.000000568. The molecule has 0 radical (unpaired) electrons. The number of likely N-dealkylation sites (tertiary alicyclic amines) is 1. The summed E-state index contributed by atoms with van der Waals surface area (Å²) in [6.45, 7) is 6.12. The summed E-state index contributed by atoms with van der Waals surface area (Å²) in [5, 5.41) is 14.8. The first-order valence-corrected chi connectivity index (χ1v) is 12.4. The molecule has 1 fully saturated rings. The molecule has 196 valence electrons. The Morgan fingerprint density at radius 1 is 0.865 bits per heavy atom. The highest BCUT2D eigenvalue weighted by atomic mass is 16.4. The number of carboxylic acid groups (broad SMARTS) is 2. The molecule has 0 saturated carbocycles. The van der Waals surface area contributed by atoms with E-state index in [9.17, 15) is 4.79 Å². The lowest BCUT2D eigenvalue weighted by Gasteiger charge is -2.34. The zero-order valence-corrected chi connectivity index (χ0v) is 21.1. The largest absolute Gasteiger partial charge is 0.473 e. The highest BCUT2D eigenvalue weighted by Crippen LogP contribution is 2.23. The van der Waals surface area contributed by atoms with Crippen molar-refractivity contribution in [2.45, 2.75) is 39.3 Å². The first-order chi connectivity index (χ1) is 17.8. The standard InChI is InChI=1S/C27H32N2O2.C2H2O4/c1-22-12-13-26(31-22)21-28-17-15-25(16-18-28)27(30)29(20-24-10-6-3-7-11-24)19-14-23-8-4-2-5-9-23;3-1(4)2(5)6/h2-13,25H,14-21H2,1H3;(H,3,4)(H,5,6). The topological polar surface area (TPSA) is 111 Å². The minimum Gasteiger partial charge on any atom is -0.473 e. The molecule has 0 atom stereocenters. The minimum atomic E-state index is -1.82. The van der Waals surface area contributed by atoms with Crippen LogP contribution in [0.2, 0.25) is 0 Å². The quantitative estimate of drug-likeness (QED) is 0.440. The third-order valence-electron chi connectivity index (χ3n) is 6.34. The lowest BCUT2D eigenvalue weighted by atomic mass is 9.94. The maximum atomic E-state index is 13.5. The van der Waals surface area contributed by atoms with Crippen molar-refractivity contribution in [3.05, 3.63) is 95.4 Å². The SMILES string of the molecule is Cc1ccc(CN2CCC(C(=O)N(CCc3ccccc3)Cc3ccccc3)CC2)o1.O=C(O)C(=O)O. The van der Waals surface area contributed by atoms with E-state index in [2.05, 4.69) is 52.3 Å². The van der Waals surface area contributed by atoms with Gasteiger partial charge in [-0.15, -0.1) is 0 Å². The van der Waals surface area contributed by atoms with Gasteiger partial charge >= 0.3 is 11.9 Å². The Morgan fingerprint density at radius 2 is 1.43 bits per heavy atom. The van der Waals surface area contributed by atoms with Gasteiger partial charge in [0, 0.05) is 19.0 Å². The fourth-order valence-corrected chi connectivity index (χ4v) is 4.37. The highest BCUT2D eigenvalue weighted by molar-refractivity contribution is 6.27. The summed E-state index contributed by atoms with van der Waals surface area (Å²) in [4.78, 5) is 36.1. The molecule has 1 amide bonds. The number of nitrogens with zero attached hydrogens (tertiary/aromatic N) is 2. The van der Waals surface area contributed by atoms with Crippen LogP contribution < -0.4 is 0 Å². The predicted molar refractivity (Wildman–Crippen MR) is 139 cm³/mol. The second-order valence-electron chi connectivity index (χ2n) is 9.15. The molecule has 2 aromatic carbocycles. The van der Waals surface area contributed by atoms with Crippen LogP contribution in [0.3, 0.4) is 0 Å². The maximum Gasteiger partial charge on any atom is 0.414 e. The van der Waals surface area contributed by atoms with Crippen molar-refractivity contribution in [1.29, 1.82) is 0 Å². The molecular weight excluding hydrogens is 472 g/mol. The van der Waals surface area contributed by atoms with Crippen LogP contribution in [0, 0.1) is 12.8 Å². The Kier molecular flexibility index (Phi) is 10.5. The maximum absolute atomic E-state index is 13.5. The van der Waals surface area contributed by atoms with Crippen LogP contribution >= 0.6 is 0 Å². The Morgan fingerprint density at radius 3 is 1.95 bits per heavy atom. The molecule has 0 unspecified atom stereocenters. The molecule has 3 aromatic rings. The molecule has 0 spiro atoms. The minimum absolute atomic E-state index is 0.106. The van der Waals surface area contributed by atoms with Crippen LogP contribution in [0.5, 0.6) is 0 Å². The average molecular weight is 507 g/mol. The molecule has 0 aliphatic carbocycles. The van der Waals surface area contributed by atoms with Gasteiger partial charge in [-0.05, 0) is 62.5 Å². The number of carbonyl (C=O) groups is 3. The number of furan rings is 1. The molecule has 8 heteroatoms. The number of hydrogen-bond donors (Lipinski definition) is 2. The van der Waals surface area contributed by atoms with E-state index in [4.69, 9.17) is 24.2 Å². The summed E-state index contributed by atoms with van der Waals surface area (Å²) >= 11 is 0. The van der Waals surface area contributed by atoms with Crippen LogP contribution in [0.4, 0.5) is 0 Å². The Labute approximate surface area is 217 Å². The van der Waals surface area contributed by atoms with Crippen molar-refractivity contribution in [3.63, 3.8) is 0 Å². The molecule has 1 aliphatic heterocycles. The molecule has 1 aliphatic rings. The molecular formula is C29H34N2O6. The van der Waals surface area contributed by atoms with Crippen molar-refractivity contribution in [2.75, 3.05) is 19.6 Å². The van der Waals surface area contributed by atoms with Gasteiger partial charge in [-0.3, -0.25) is 9.69 Å². The molecule has 2 heterocycles. The van der Waals surface area contributed by atoms with E-state index < -0.39 is 11.9 Å². The molecule has 2 N–H and O–H groups in total. The molecule has 37 heavy (non-hydrogen) atoms. The Hall–Kier alpha value is -3.91. The van der Waals surface area contributed by atoms with Crippen LogP contribution in [0.1, 0.15) is 35.5 Å². The molecule has 1 saturated heterocycles. The number of carbonyl (C=O) groups excluding carboxylic acids is 1. The lowest BCUT2D eigenvalue weighted by molar-refractivity contribution is -0.159. The summed E-state index contributed by atoms with van der Waals surface area (Å²) in [6.07, 6.45) is 2.71. The smallest absolute Gasteiger partial charge is 0.414 e. The normalized spacial score (nSPS) is 13.9. The predicted octanol–water partition coefficient (Wildman–Crippen LogP) is 4.23. The van der Waals surface area contributed by atoms with Crippen molar-refractivity contribution in [3.8, 4) is 0 Å². The van der Waals surface area contributed by atoms with Crippen molar-refractivity contribution in [2.24, 2.45) is 5.92 Å². The summed E-state index contributed by atoms with van der Waals surface area (Å²) in [6, 6.07) is 24.8. The summed E-state index contributed by atoms with van der Waals surface area (Å²) in [5.74, 6) is -1.28. The van der Waals surface area contributed by atoms with Crippen LogP contribution in [-0.2, 0) is 33.9 Å². The molecule has 8 nitrogen and oxygen atoms in total. The van der Waals surface area contributed by atoms with Gasteiger partial charge in [0.1, 0.15) is 11.5 Å². The monoisotopic (exact) mass is 506 g/mol. The van der Waals surface area contributed by atoms with E-state index in [1.807, 2.05) is 37.3 Å². The van der Waals surface area contributed by atoms with Gasteiger partial charge in [-0.2, -0.15) is 0 Å². The van der Waals surface area contributed by atoms with Gasteiger partial charge in [0.05, 0.1) is 6.54 Å². The third kappa shape index (κ3) is 9.24. The van der Waals surface area contributed by atoms with Gasteiger partial charge in [0.2, 0.25) is 5.91 Å². The zero-order chi connectivity index (χ0) is 26.6. The molecule has 1 aromatic heterocycles. The number of amides is 1. The van der Waals surface area contributed by atoms with Crippen molar-refractivity contribution >= 4 is 17.8 Å². The van der Waals surface area contributed by atoms with Crippen LogP contribution in [-0.4, -0.2) is 57.5 Å².